The van der Waals surface area contributed by atoms with Crippen LogP contribution in [0.15, 0.2) is 18.2 Å². The SMILES string of the molecule is CC(=O)CCn1c(CC#N)nc2cc(F)ccc21. The molecule has 0 saturated carbocycles. The fraction of sp³-hybridized carbons (Fsp3) is 0.308. The first kappa shape index (κ1) is 12.2. The van der Waals surface area contributed by atoms with Gasteiger partial charge in [-0.05, 0) is 19.1 Å². The number of benzene rings is 1. The molecular weight excluding hydrogens is 233 g/mol. The molecule has 0 aliphatic rings. The minimum absolute atomic E-state index is 0.0712. The molecule has 0 spiro atoms. The van der Waals surface area contributed by atoms with E-state index in [0.717, 1.165) is 5.52 Å². The van der Waals surface area contributed by atoms with Crippen LogP contribution in [0.25, 0.3) is 11.0 Å². The van der Waals surface area contributed by atoms with Crippen molar-refractivity contribution in [3.8, 4) is 6.07 Å². The molecule has 0 bridgehead atoms. The third-order valence-corrected chi connectivity index (χ3v) is 2.71. The van der Waals surface area contributed by atoms with Gasteiger partial charge in [-0.15, -0.1) is 0 Å². The second kappa shape index (κ2) is 4.96. The number of hydrogen-bond donors (Lipinski definition) is 0. The van der Waals surface area contributed by atoms with Gasteiger partial charge in [0.15, 0.2) is 0 Å². The molecule has 92 valence electrons. The minimum Gasteiger partial charge on any atom is -0.327 e. The number of fused-ring (bicyclic) bond motifs is 1. The average Bonchev–Trinajstić information content (AvgIpc) is 2.63. The molecule has 0 amide bonds. The van der Waals surface area contributed by atoms with Gasteiger partial charge in [0.2, 0.25) is 0 Å². The normalized spacial score (nSPS) is 10.5. The summed E-state index contributed by atoms with van der Waals surface area (Å²) in [5.74, 6) is 0.281. The Hall–Kier alpha value is -2.22. The number of rotatable bonds is 4. The van der Waals surface area contributed by atoms with Gasteiger partial charge in [-0.1, -0.05) is 0 Å². The first-order valence-corrected chi connectivity index (χ1v) is 5.63. The molecule has 1 aromatic carbocycles. The second-order valence-electron chi connectivity index (χ2n) is 4.10. The van der Waals surface area contributed by atoms with Gasteiger partial charge in [-0.3, -0.25) is 4.79 Å². The van der Waals surface area contributed by atoms with Crippen LogP contribution in [0.4, 0.5) is 4.39 Å². The molecule has 0 aliphatic heterocycles. The minimum atomic E-state index is -0.359. The number of aromatic nitrogens is 2. The number of hydrogen-bond acceptors (Lipinski definition) is 3. The molecule has 5 heteroatoms. The number of nitriles is 1. The number of imidazole rings is 1. The van der Waals surface area contributed by atoms with Gasteiger partial charge in [-0.2, -0.15) is 5.26 Å². The van der Waals surface area contributed by atoms with Crippen LogP contribution in [0.2, 0.25) is 0 Å². The Morgan fingerprint density at radius 2 is 2.33 bits per heavy atom. The Morgan fingerprint density at radius 1 is 1.56 bits per heavy atom. The van der Waals surface area contributed by atoms with Crippen molar-refractivity contribution >= 4 is 16.8 Å². The Balaban J connectivity index is 2.48. The van der Waals surface area contributed by atoms with E-state index in [1.165, 1.54) is 19.1 Å². The molecule has 1 aromatic heterocycles. The number of halogens is 1. The van der Waals surface area contributed by atoms with Crippen molar-refractivity contribution in [2.75, 3.05) is 0 Å². The van der Waals surface area contributed by atoms with Gasteiger partial charge >= 0.3 is 0 Å². The fourth-order valence-electron chi connectivity index (χ4n) is 1.88. The van der Waals surface area contributed by atoms with Crippen LogP contribution in [0, 0.1) is 17.1 Å². The Morgan fingerprint density at radius 3 is 3.00 bits per heavy atom. The topological polar surface area (TPSA) is 58.7 Å². The largest absolute Gasteiger partial charge is 0.327 e. The molecule has 0 aliphatic carbocycles. The number of aryl methyl sites for hydroxylation is 1. The van der Waals surface area contributed by atoms with Gasteiger partial charge in [0, 0.05) is 19.0 Å². The number of carbonyl (C=O) groups excluding carboxylic acids is 1. The summed E-state index contributed by atoms with van der Waals surface area (Å²) < 4.78 is 14.9. The zero-order valence-corrected chi connectivity index (χ0v) is 9.98. The smallest absolute Gasteiger partial charge is 0.131 e. The van der Waals surface area contributed by atoms with E-state index in [9.17, 15) is 9.18 Å². The lowest BCUT2D eigenvalue weighted by atomic mass is 10.2. The van der Waals surface area contributed by atoms with Crippen LogP contribution >= 0.6 is 0 Å². The van der Waals surface area contributed by atoms with Gasteiger partial charge in [0.25, 0.3) is 0 Å². The summed E-state index contributed by atoms with van der Waals surface area (Å²) in [6.07, 6.45) is 0.523. The molecule has 0 radical (unpaired) electrons. The van der Waals surface area contributed by atoms with Gasteiger partial charge in [-0.25, -0.2) is 9.37 Å². The molecule has 0 atom stereocenters. The molecule has 4 nitrogen and oxygen atoms in total. The summed E-state index contributed by atoms with van der Waals surface area (Å²) in [4.78, 5) is 15.3. The van der Waals surface area contributed by atoms with Gasteiger partial charge in [0.1, 0.15) is 17.4 Å². The predicted molar refractivity (Wildman–Crippen MR) is 64.3 cm³/mol. The van der Waals surface area contributed by atoms with E-state index >= 15 is 0 Å². The standard InChI is InChI=1S/C13H12FN3O/c1-9(18)5-7-17-12-3-2-10(14)8-11(12)16-13(17)4-6-15/h2-3,8H,4-5,7H2,1H3. The summed E-state index contributed by atoms with van der Waals surface area (Å²) in [6.45, 7) is 1.98. The van der Waals surface area contributed by atoms with Crippen molar-refractivity contribution in [3.05, 3.63) is 29.8 Å². The lowest BCUT2D eigenvalue weighted by molar-refractivity contribution is -0.117. The highest BCUT2D eigenvalue weighted by Crippen LogP contribution is 2.18. The van der Waals surface area contributed by atoms with E-state index < -0.39 is 0 Å². The zero-order valence-electron chi connectivity index (χ0n) is 9.98. The fourth-order valence-corrected chi connectivity index (χ4v) is 1.88. The van der Waals surface area contributed by atoms with E-state index in [4.69, 9.17) is 5.26 Å². The van der Waals surface area contributed by atoms with Crippen LogP contribution in [0.3, 0.4) is 0 Å². The highest BCUT2D eigenvalue weighted by Gasteiger charge is 2.11. The van der Waals surface area contributed by atoms with Crippen molar-refractivity contribution < 1.29 is 9.18 Å². The molecule has 18 heavy (non-hydrogen) atoms. The highest BCUT2D eigenvalue weighted by molar-refractivity contribution is 5.78. The highest BCUT2D eigenvalue weighted by atomic mass is 19.1. The van der Waals surface area contributed by atoms with Gasteiger partial charge < -0.3 is 4.57 Å². The molecule has 2 aromatic rings. The molecule has 1 heterocycles. The lowest BCUT2D eigenvalue weighted by Gasteiger charge is -2.05. The molecule has 0 fully saturated rings. The van der Waals surface area contributed by atoms with E-state index in [2.05, 4.69) is 4.98 Å². The van der Waals surface area contributed by atoms with Crippen LogP contribution < -0.4 is 0 Å². The van der Waals surface area contributed by atoms with Crippen molar-refractivity contribution in [1.29, 1.82) is 5.26 Å². The van der Waals surface area contributed by atoms with Crippen LogP contribution in [-0.2, 0) is 17.8 Å². The number of ketones is 1. The molecular formula is C13H12FN3O. The summed E-state index contributed by atoms with van der Waals surface area (Å²) in [7, 11) is 0. The zero-order chi connectivity index (χ0) is 13.1. The summed E-state index contributed by atoms with van der Waals surface area (Å²) in [5, 5.41) is 8.76. The Kier molecular flexibility index (Phi) is 3.38. The van der Waals surface area contributed by atoms with Crippen molar-refractivity contribution in [3.63, 3.8) is 0 Å². The van der Waals surface area contributed by atoms with Crippen LogP contribution in [-0.4, -0.2) is 15.3 Å². The first-order chi connectivity index (χ1) is 8.61. The van der Waals surface area contributed by atoms with Crippen LogP contribution in [0.5, 0.6) is 0 Å². The third kappa shape index (κ3) is 2.38. The Labute approximate surface area is 104 Å². The number of Topliss-reactive ketones (excluding diaryl/α,β-unsaturated/α-hetero) is 1. The van der Waals surface area contributed by atoms with E-state index in [1.54, 1.807) is 10.6 Å². The van der Waals surface area contributed by atoms with E-state index in [1.807, 2.05) is 6.07 Å². The average molecular weight is 245 g/mol. The molecule has 0 unspecified atom stereocenters. The van der Waals surface area contributed by atoms with Crippen LogP contribution in [0.1, 0.15) is 19.2 Å². The third-order valence-electron chi connectivity index (χ3n) is 2.71. The molecule has 0 saturated heterocycles. The quantitative estimate of drug-likeness (QED) is 0.829. The van der Waals surface area contributed by atoms with Crippen molar-refractivity contribution in [1.82, 2.24) is 9.55 Å². The summed E-state index contributed by atoms with van der Waals surface area (Å²) in [5.41, 5.74) is 1.27. The maximum Gasteiger partial charge on any atom is 0.131 e. The summed E-state index contributed by atoms with van der Waals surface area (Å²) >= 11 is 0. The second-order valence-corrected chi connectivity index (χ2v) is 4.10. The molecule has 0 N–H and O–H groups in total. The number of nitrogens with zero attached hydrogens (tertiary/aromatic N) is 3. The Bertz CT molecular complexity index is 639. The van der Waals surface area contributed by atoms with E-state index in [0.29, 0.717) is 24.3 Å². The molecule has 2 rings (SSSR count). The van der Waals surface area contributed by atoms with Crippen molar-refractivity contribution in [2.24, 2.45) is 0 Å². The van der Waals surface area contributed by atoms with Crippen molar-refractivity contribution in [2.45, 2.75) is 26.3 Å². The number of carbonyl (C=O) groups is 1. The lowest BCUT2D eigenvalue weighted by Crippen LogP contribution is -2.06. The first-order valence-electron chi connectivity index (χ1n) is 5.63. The predicted octanol–water partition coefficient (Wildman–Crippen LogP) is 2.22. The monoisotopic (exact) mass is 245 g/mol. The maximum atomic E-state index is 13.1. The van der Waals surface area contributed by atoms with Gasteiger partial charge in [0.05, 0.1) is 23.5 Å². The van der Waals surface area contributed by atoms with E-state index in [-0.39, 0.29) is 18.0 Å². The maximum absolute atomic E-state index is 13.1. The summed E-state index contributed by atoms with van der Waals surface area (Å²) in [6, 6.07) is 6.33.